The third-order valence-electron chi connectivity index (χ3n) is 3.95. The van der Waals surface area contributed by atoms with Crippen LogP contribution in [-0.4, -0.2) is 29.2 Å². The Morgan fingerprint density at radius 2 is 1.81 bits per heavy atom. The lowest BCUT2D eigenvalue weighted by atomic mass is 10.2. The van der Waals surface area contributed by atoms with Gasteiger partial charge in [0.2, 0.25) is 0 Å². The van der Waals surface area contributed by atoms with Gasteiger partial charge in [-0.1, -0.05) is 0 Å². The third kappa shape index (κ3) is 4.46. The zero-order chi connectivity index (χ0) is 19.4. The Morgan fingerprint density at radius 1 is 1.15 bits per heavy atom. The van der Waals surface area contributed by atoms with Crippen molar-refractivity contribution in [2.45, 2.75) is 27.4 Å². The molecule has 0 radical (unpaired) electrons. The van der Waals surface area contributed by atoms with E-state index in [0.717, 1.165) is 16.2 Å². The summed E-state index contributed by atoms with van der Waals surface area (Å²) in [5.74, 6) is 1.03. The van der Waals surface area contributed by atoms with Crippen molar-refractivity contribution >= 4 is 27.5 Å². The standard InChI is InChI=1S/C19H20N2O5S/c1-4-24-13-5-7-14(8-6-13)25-10-16(22)26-9-15-20-18(23)17-11(2)12(3)27-19(17)21-15/h5-8H,4,9-10H2,1-3H3,(H,20,21,23). The molecule has 7 nitrogen and oxygen atoms in total. The number of hydrogen-bond acceptors (Lipinski definition) is 7. The van der Waals surface area contributed by atoms with Gasteiger partial charge < -0.3 is 19.2 Å². The number of fused-ring (bicyclic) bond motifs is 1. The van der Waals surface area contributed by atoms with Crippen LogP contribution in [0.5, 0.6) is 11.5 Å². The van der Waals surface area contributed by atoms with Crippen LogP contribution in [0.1, 0.15) is 23.2 Å². The number of H-pyrrole nitrogens is 1. The number of hydrogen-bond donors (Lipinski definition) is 1. The van der Waals surface area contributed by atoms with Crippen LogP contribution in [0.15, 0.2) is 29.1 Å². The molecule has 27 heavy (non-hydrogen) atoms. The number of carbonyl (C=O) groups is 1. The summed E-state index contributed by atoms with van der Waals surface area (Å²) < 4.78 is 15.9. The quantitative estimate of drug-likeness (QED) is 0.626. The molecule has 3 rings (SSSR count). The number of aromatic nitrogens is 2. The molecule has 0 atom stereocenters. The molecule has 0 saturated heterocycles. The van der Waals surface area contributed by atoms with Gasteiger partial charge in [-0.05, 0) is 50.6 Å². The van der Waals surface area contributed by atoms with E-state index in [-0.39, 0.29) is 18.8 Å². The average Bonchev–Trinajstić information content (AvgIpc) is 2.94. The number of nitrogens with one attached hydrogen (secondary N) is 1. The van der Waals surface area contributed by atoms with Gasteiger partial charge in [-0.15, -0.1) is 11.3 Å². The van der Waals surface area contributed by atoms with Crippen LogP contribution in [0.25, 0.3) is 10.2 Å². The summed E-state index contributed by atoms with van der Waals surface area (Å²) in [6, 6.07) is 6.96. The van der Waals surface area contributed by atoms with E-state index in [0.29, 0.717) is 28.4 Å². The fourth-order valence-corrected chi connectivity index (χ4v) is 3.55. The number of aromatic amines is 1. The van der Waals surface area contributed by atoms with E-state index in [9.17, 15) is 9.59 Å². The number of esters is 1. The second-order valence-electron chi connectivity index (χ2n) is 5.83. The molecule has 0 aliphatic rings. The number of rotatable bonds is 7. The highest BCUT2D eigenvalue weighted by Crippen LogP contribution is 2.25. The van der Waals surface area contributed by atoms with Crippen LogP contribution in [-0.2, 0) is 16.1 Å². The lowest BCUT2D eigenvalue weighted by Gasteiger charge is -2.08. The molecule has 0 unspecified atom stereocenters. The molecule has 0 aliphatic carbocycles. The van der Waals surface area contributed by atoms with E-state index in [2.05, 4.69) is 9.97 Å². The van der Waals surface area contributed by atoms with Gasteiger partial charge >= 0.3 is 5.97 Å². The van der Waals surface area contributed by atoms with Gasteiger partial charge in [-0.2, -0.15) is 0 Å². The number of nitrogens with zero attached hydrogens (tertiary/aromatic N) is 1. The second kappa shape index (κ2) is 8.22. The van der Waals surface area contributed by atoms with Gasteiger partial charge in [0.15, 0.2) is 6.61 Å². The lowest BCUT2D eigenvalue weighted by molar-refractivity contribution is -0.147. The zero-order valence-electron chi connectivity index (χ0n) is 15.3. The second-order valence-corrected chi connectivity index (χ2v) is 7.03. The molecule has 142 valence electrons. The Morgan fingerprint density at radius 3 is 2.48 bits per heavy atom. The van der Waals surface area contributed by atoms with Crippen molar-refractivity contribution in [3.63, 3.8) is 0 Å². The maximum atomic E-state index is 12.2. The van der Waals surface area contributed by atoms with E-state index < -0.39 is 5.97 Å². The van der Waals surface area contributed by atoms with E-state index in [4.69, 9.17) is 14.2 Å². The maximum absolute atomic E-state index is 12.2. The smallest absolute Gasteiger partial charge is 0.344 e. The minimum atomic E-state index is -0.551. The van der Waals surface area contributed by atoms with Gasteiger partial charge in [0.05, 0.1) is 12.0 Å². The minimum absolute atomic E-state index is 0.118. The lowest BCUT2D eigenvalue weighted by Crippen LogP contribution is -2.17. The van der Waals surface area contributed by atoms with Crippen LogP contribution >= 0.6 is 11.3 Å². The summed E-state index contributed by atoms with van der Waals surface area (Å²) >= 11 is 1.45. The summed E-state index contributed by atoms with van der Waals surface area (Å²) in [5.41, 5.74) is 0.703. The first-order valence-electron chi connectivity index (χ1n) is 8.48. The molecule has 2 aromatic heterocycles. The number of thiophene rings is 1. The highest BCUT2D eigenvalue weighted by Gasteiger charge is 2.13. The van der Waals surface area contributed by atoms with Crippen LogP contribution in [0.4, 0.5) is 0 Å². The monoisotopic (exact) mass is 388 g/mol. The fourth-order valence-electron chi connectivity index (χ4n) is 2.50. The van der Waals surface area contributed by atoms with E-state index in [1.165, 1.54) is 11.3 Å². The van der Waals surface area contributed by atoms with Gasteiger partial charge in [0.1, 0.15) is 28.8 Å². The molecule has 0 bridgehead atoms. The van der Waals surface area contributed by atoms with Crippen molar-refractivity contribution < 1.29 is 19.0 Å². The summed E-state index contributed by atoms with van der Waals surface area (Å²) in [6.45, 7) is 5.96. The van der Waals surface area contributed by atoms with E-state index in [1.807, 2.05) is 20.8 Å². The highest BCUT2D eigenvalue weighted by atomic mass is 32.1. The minimum Gasteiger partial charge on any atom is -0.494 e. The van der Waals surface area contributed by atoms with Crippen LogP contribution in [0.2, 0.25) is 0 Å². The molecule has 0 amide bonds. The SMILES string of the molecule is CCOc1ccc(OCC(=O)OCc2nc3sc(C)c(C)c3c(=O)[nH]2)cc1. The summed E-state index contributed by atoms with van der Waals surface area (Å²) in [4.78, 5) is 32.8. The topological polar surface area (TPSA) is 90.5 Å². The Bertz CT molecular complexity index is 1010. The van der Waals surface area contributed by atoms with Crippen molar-refractivity contribution in [3.8, 4) is 11.5 Å². The molecular weight excluding hydrogens is 368 g/mol. The average molecular weight is 388 g/mol. The molecule has 0 fully saturated rings. The first kappa shape index (κ1) is 18.9. The molecule has 1 aromatic carbocycles. The van der Waals surface area contributed by atoms with E-state index >= 15 is 0 Å². The molecule has 3 aromatic rings. The van der Waals surface area contributed by atoms with Gasteiger partial charge in [0.25, 0.3) is 5.56 Å². The highest BCUT2D eigenvalue weighted by molar-refractivity contribution is 7.18. The van der Waals surface area contributed by atoms with E-state index in [1.54, 1.807) is 24.3 Å². The Labute approximate surface area is 159 Å². The maximum Gasteiger partial charge on any atom is 0.344 e. The summed E-state index contributed by atoms with van der Waals surface area (Å²) in [5, 5.41) is 0.589. The molecule has 0 spiro atoms. The number of benzene rings is 1. The molecule has 2 heterocycles. The normalized spacial score (nSPS) is 10.8. The van der Waals surface area contributed by atoms with Crippen molar-refractivity contribution in [3.05, 3.63) is 50.9 Å². The molecule has 0 aliphatic heterocycles. The zero-order valence-corrected chi connectivity index (χ0v) is 16.1. The first-order valence-corrected chi connectivity index (χ1v) is 9.29. The van der Waals surface area contributed by atoms with Crippen molar-refractivity contribution in [2.75, 3.05) is 13.2 Å². The van der Waals surface area contributed by atoms with Crippen LogP contribution in [0, 0.1) is 13.8 Å². The first-order chi connectivity index (χ1) is 13.0. The summed E-state index contributed by atoms with van der Waals surface area (Å²) in [6.07, 6.45) is 0. The predicted octanol–water partition coefficient (Wildman–Crippen LogP) is 3.12. The number of ether oxygens (including phenoxy) is 3. The van der Waals surface area contributed by atoms with Crippen LogP contribution < -0.4 is 15.0 Å². The Balaban J connectivity index is 1.56. The third-order valence-corrected chi connectivity index (χ3v) is 5.05. The summed E-state index contributed by atoms with van der Waals surface area (Å²) in [7, 11) is 0. The van der Waals surface area contributed by atoms with Gasteiger partial charge in [-0.25, -0.2) is 9.78 Å². The predicted molar refractivity (Wildman–Crippen MR) is 103 cm³/mol. The molecule has 1 N–H and O–H groups in total. The van der Waals surface area contributed by atoms with Crippen molar-refractivity contribution in [1.82, 2.24) is 9.97 Å². The van der Waals surface area contributed by atoms with Crippen molar-refractivity contribution in [2.24, 2.45) is 0 Å². The van der Waals surface area contributed by atoms with Gasteiger partial charge in [-0.3, -0.25) is 4.79 Å². The van der Waals surface area contributed by atoms with Crippen LogP contribution in [0.3, 0.4) is 0 Å². The Kier molecular flexibility index (Phi) is 5.75. The van der Waals surface area contributed by atoms with Crippen molar-refractivity contribution in [1.29, 1.82) is 0 Å². The molecular formula is C19H20N2O5S. The Hall–Kier alpha value is -2.87. The number of aryl methyl sites for hydroxylation is 2. The van der Waals surface area contributed by atoms with Gasteiger partial charge in [0, 0.05) is 4.88 Å². The number of carbonyl (C=O) groups excluding carboxylic acids is 1. The fraction of sp³-hybridized carbons (Fsp3) is 0.316. The molecule has 8 heteroatoms. The largest absolute Gasteiger partial charge is 0.494 e. The molecule has 0 saturated carbocycles.